The van der Waals surface area contributed by atoms with Gasteiger partial charge in [0.25, 0.3) is 5.56 Å². The van der Waals surface area contributed by atoms with E-state index in [1.807, 2.05) is 49.3 Å². The van der Waals surface area contributed by atoms with Crippen LogP contribution >= 0.6 is 12.1 Å². The van der Waals surface area contributed by atoms with E-state index in [9.17, 15) is 18.4 Å². The highest BCUT2D eigenvalue weighted by Gasteiger charge is 2.26. The van der Waals surface area contributed by atoms with Crippen molar-refractivity contribution in [2.24, 2.45) is 0 Å². The van der Waals surface area contributed by atoms with E-state index in [-0.39, 0.29) is 17.4 Å². The summed E-state index contributed by atoms with van der Waals surface area (Å²) in [6.45, 7) is 10.7. The molecule has 1 amide bonds. The summed E-state index contributed by atoms with van der Waals surface area (Å²) < 4.78 is 46.5. The predicted octanol–water partition coefficient (Wildman–Crippen LogP) is 6.70. The average molecular weight is 665 g/mol. The summed E-state index contributed by atoms with van der Waals surface area (Å²) in [4.78, 5) is 34.4. The van der Waals surface area contributed by atoms with Gasteiger partial charge in [-0.25, -0.2) is 22.9 Å². The summed E-state index contributed by atoms with van der Waals surface area (Å²) in [7, 11) is 0. The van der Waals surface area contributed by atoms with Gasteiger partial charge in [-0.1, -0.05) is 0 Å². The highest BCUT2D eigenvalue weighted by Crippen LogP contribution is 2.35. The molecule has 2 aliphatic rings. The van der Waals surface area contributed by atoms with E-state index in [2.05, 4.69) is 14.6 Å². The van der Waals surface area contributed by atoms with Crippen LogP contribution in [0.15, 0.2) is 65.7 Å². The topological polar surface area (TPSA) is 92.2 Å². The van der Waals surface area contributed by atoms with Gasteiger partial charge in [0.1, 0.15) is 23.8 Å². The minimum Gasteiger partial charge on any atom is -0.454 e. The predicted molar refractivity (Wildman–Crippen MR) is 181 cm³/mol. The van der Waals surface area contributed by atoms with Crippen molar-refractivity contribution in [1.82, 2.24) is 18.8 Å². The van der Waals surface area contributed by atoms with Crippen molar-refractivity contribution >= 4 is 40.5 Å². The zero-order valence-electron chi connectivity index (χ0n) is 26.8. The van der Waals surface area contributed by atoms with Gasteiger partial charge < -0.3 is 24.0 Å². The van der Waals surface area contributed by atoms with Crippen molar-refractivity contribution in [3.63, 3.8) is 0 Å². The van der Waals surface area contributed by atoms with Gasteiger partial charge in [-0.15, -0.1) is 0 Å². The molecule has 1 unspecified atom stereocenters. The van der Waals surface area contributed by atoms with E-state index in [1.54, 1.807) is 36.1 Å². The van der Waals surface area contributed by atoms with Gasteiger partial charge >= 0.3 is 6.09 Å². The molecule has 1 atom stereocenters. The van der Waals surface area contributed by atoms with Crippen LogP contribution in [0.4, 0.5) is 25.0 Å². The summed E-state index contributed by atoms with van der Waals surface area (Å²) in [5.41, 5.74) is 2.47. The van der Waals surface area contributed by atoms with Crippen LogP contribution in [-0.4, -0.2) is 75.9 Å². The van der Waals surface area contributed by atoms with Crippen LogP contribution in [-0.2, 0) is 4.74 Å². The number of alkyl halides is 1. The number of carbonyl (C=O) groups excluding carboxylic acids is 1. The van der Waals surface area contributed by atoms with Gasteiger partial charge in [0.05, 0.1) is 22.3 Å². The number of piperazine rings is 1. The molecule has 1 aromatic heterocycles. The SMILES string of the molecule is Cc1c(NSN2CCC(F)C2)ccc(F)c1Oc1ccc2ncn(-c3ccc(N4CCN(C(=O)OC(C)(C)C)CC4)cc3)c(=O)c2c1. The Morgan fingerprint density at radius 1 is 1.00 bits per heavy atom. The molecular formula is C34H38F2N6O4S. The molecule has 2 fully saturated rings. The van der Waals surface area contributed by atoms with E-state index in [0.29, 0.717) is 79.3 Å². The third kappa shape index (κ3) is 7.46. The van der Waals surface area contributed by atoms with Crippen molar-refractivity contribution in [1.29, 1.82) is 0 Å². The molecule has 2 saturated heterocycles. The molecule has 2 aliphatic heterocycles. The van der Waals surface area contributed by atoms with Crippen LogP contribution in [0.3, 0.4) is 0 Å². The lowest BCUT2D eigenvalue weighted by Gasteiger charge is -2.36. The molecule has 0 bridgehead atoms. The van der Waals surface area contributed by atoms with Gasteiger partial charge in [0, 0.05) is 62.7 Å². The quantitative estimate of drug-likeness (QED) is 0.217. The van der Waals surface area contributed by atoms with E-state index < -0.39 is 17.6 Å². The molecule has 10 nitrogen and oxygen atoms in total. The number of rotatable bonds is 7. The Hall–Kier alpha value is -4.36. The second kappa shape index (κ2) is 13.4. The number of hydrogen-bond donors (Lipinski definition) is 1. The van der Waals surface area contributed by atoms with Gasteiger partial charge in [0.15, 0.2) is 11.6 Å². The second-order valence-electron chi connectivity index (χ2n) is 12.7. The maximum atomic E-state index is 14.9. The van der Waals surface area contributed by atoms with Crippen molar-refractivity contribution in [2.45, 2.75) is 45.9 Å². The van der Waals surface area contributed by atoms with Crippen LogP contribution < -0.4 is 19.9 Å². The van der Waals surface area contributed by atoms with Crippen molar-refractivity contribution in [3.05, 3.63) is 82.7 Å². The van der Waals surface area contributed by atoms with E-state index in [0.717, 1.165) is 5.69 Å². The molecule has 0 aliphatic carbocycles. The molecule has 4 aromatic rings. The van der Waals surface area contributed by atoms with Gasteiger partial charge in [0.2, 0.25) is 0 Å². The normalized spacial score (nSPS) is 17.3. The maximum absolute atomic E-state index is 14.9. The Kier molecular flexibility index (Phi) is 9.29. The zero-order chi connectivity index (χ0) is 33.3. The third-order valence-electron chi connectivity index (χ3n) is 8.11. The first-order valence-corrected chi connectivity index (χ1v) is 16.4. The molecule has 3 heterocycles. The Bertz CT molecular complexity index is 1820. The molecule has 248 valence electrons. The first-order chi connectivity index (χ1) is 22.4. The number of nitrogens with one attached hydrogen (secondary N) is 1. The van der Waals surface area contributed by atoms with Crippen molar-refractivity contribution in [3.8, 4) is 17.2 Å². The lowest BCUT2D eigenvalue weighted by molar-refractivity contribution is 0.0240. The van der Waals surface area contributed by atoms with Crippen molar-refractivity contribution in [2.75, 3.05) is 48.9 Å². The summed E-state index contributed by atoms with van der Waals surface area (Å²) in [5.74, 6) is -0.216. The number of aromatic nitrogens is 2. The number of benzene rings is 3. The summed E-state index contributed by atoms with van der Waals surface area (Å²) >= 11 is 1.28. The number of carbonyl (C=O) groups is 1. The fraction of sp³-hybridized carbons (Fsp3) is 0.382. The lowest BCUT2D eigenvalue weighted by atomic mass is 10.1. The molecule has 47 heavy (non-hydrogen) atoms. The summed E-state index contributed by atoms with van der Waals surface area (Å²) in [6, 6.07) is 15.4. The first kappa shape index (κ1) is 32.6. The molecule has 0 spiro atoms. The Labute approximate surface area is 276 Å². The van der Waals surface area contributed by atoms with E-state index >= 15 is 0 Å². The van der Waals surface area contributed by atoms with Crippen LogP contribution in [0.5, 0.6) is 11.5 Å². The molecule has 0 radical (unpaired) electrons. The standard InChI is InChI=1S/C34H38F2N6O4S/c1-22-29(38-47-41-14-13-23(35)20-41)12-10-28(36)31(22)45-26-9-11-30-27(19-26)32(43)42(21-37-30)25-7-5-24(6-8-25)39-15-17-40(18-16-39)33(44)46-34(2,3)4/h5-12,19,21,23,38H,13-18,20H2,1-4H3. The number of halogens is 2. The monoisotopic (exact) mass is 664 g/mol. The molecule has 6 rings (SSSR count). The van der Waals surface area contributed by atoms with Gasteiger partial charge in [-0.3, -0.25) is 9.36 Å². The number of amides is 1. The van der Waals surface area contributed by atoms with Crippen LogP contribution in [0, 0.1) is 12.7 Å². The molecular weight excluding hydrogens is 626 g/mol. The highest BCUT2D eigenvalue weighted by atomic mass is 32.2. The smallest absolute Gasteiger partial charge is 0.410 e. The number of ether oxygens (including phenoxy) is 2. The van der Waals surface area contributed by atoms with E-state index in [4.69, 9.17) is 9.47 Å². The van der Waals surface area contributed by atoms with Crippen LogP contribution in [0.25, 0.3) is 16.6 Å². The number of fused-ring (bicyclic) bond motifs is 1. The second-order valence-corrected chi connectivity index (χ2v) is 13.6. The molecule has 13 heteroatoms. The number of hydrogen-bond acceptors (Lipinski definition) is 9. The minimum absolute atomic E-state index is 0.0338. The summed E-state index contributed by atoms with van der Waals surface area (Å²) in [6.07, 6.45) is 0.831. The fourth-order valence-corrected chi connectivity index (χ4v) is 6.42. The third-order valence-corrected chi connectivity index (χ3v) is 9.01. The lowest BCUT2D eigenvalue weighted by Crippen LogP contribution is -2.50. The number of anilines is 2. The largest absolute Gasteiger partial charge is 0.454 e. The fourth-order valence-electron chi connectivity index (χ4n) is 5.54. The Balaban J connectivity index is 1.16. The summed E-state index contributed by atoms with van der Waals surface area (Å²) in [5, 5.41) is 0.324. The van der Waals surface area contributed by atoms with Gasteiger partial charge in [-0.05, 0) is 88.7 Å². The Morgan fingerprint density at radius 2 is 1.72 bits per heavy atom. The minimum atomic E-state index is -0.844. The van der Waals surface area contributed by atoms with E-state index in [1.165, 1.54) is 29.1 Å². The Morgan fingerprint density at radius 3 is 2.40 bits per heavy atom. The zero-order valence-corrected chi connectivity index (χ0v) is 27.7. The van der Waals surface area contributed by atoms with Crippen LogP contribution in [0.1, 0.15) is 32.8 Å². The van der Waals surface area contributed by atoms with Crippen molar-refractivity contribution < 1.29 is 23.0 Å². The van der Waals surface area contributed by atoms with Gasteiger partial charge in [-0.2, -0.15) is 0 Å². The average Bonchev–Trinajstić information content (AvgIpc) is 3.47. The number of nitrogens with zero attached hydrogens (tertiary/aromatic N) is 5. The maximum Gasteiger partial charge on any atom is 0.410 e. The molecule has 0 saturated carbocycles. The molecule has 3 aromatic carbocycles. The highest BCUT2D eigenvalue weighted by molar-refractivity contribution is 7.98. The molecule has 1 N–H and O–H groups in total. The first-order valence-electron chi connectivity index (χ1n) is 15.6. The van der Waals surface area contributed by atoms with Crippen LogP contribution in [0.2, 0.25) is 0 Å².